The van der Waals surface area contributed by atoms with Gasteiger partial charge >= 0.3 is 0 Å². The van der Waals surface area contributed by atoms with Gasteiger partial charge in [-0.3, -0.25) is 9.59 Å². The Hall–Kier alpha value is -2.62. The van der Waals surface area contributed by atoms with Crippen LogP contribution in [0.15, 0.2) is 54.6 Å². The second-order valence-electron chi connectivity index (χ2n) is 6.54. The number of carbonyl (C=O) groups is 2. The van der Waals surface area contributed by atoms with Crippen LogP contribution < -0.4 is 10.6 Å². The molecule has 0 heterocycles. The van der Waals surface area contributed by atoms with Crippen LogP contribution in [0.5, 0.6) is 0 Å². The highest BCUT2D eigenvalue weighted by Crippen LogP contribution is 2.40. The van der Waals surface area contributed by atoms with Crippen molar-refractivity contribution in [3.8, 4) is 0 Å². The van der Waals surface area contributed by atoms with Crippen LogP contribution in [0, 0.1) is 11.8 Å². The molecule has 0 aromatic heterocycles. The third kappa shape index (κ3) is 3.65. The van der Waals surface area contributed by atoms with Crippen molar-refractivity contribution in [2.75, 3.05) is 10.6 Å². The number of nitrogens with one attached hydrogen (secondary N) is 2. The van der Waals surface area contributed by atoms with Crippen LogP contribution in [0.25, 0.3) is 0 Å². The topological polar surface area (TPSA) is 58.2 Å². The predicted molar refractivity (Wildman–Crippen MR) is 95.8 cm³/mol. The van der Waals surface area contributed by atoms with E-state index >= 15 is 0 Å². The fourth-order valence-electron chi connectivity index (χ4n) is 2.87. The summed E-state index contributed by atoms with van der Waals surface area (Å²) in [5, 5.41) is 5.85. The van der Waals surface area contributed by atoms with Crippen LogP contribution in [-0.4, -0.2) is 11.8 Å². The van der Waals surface area contributed by atoms with Crippen molar-refractivity contribution in [3.05, 3.63) is 60.2 Å². The molecule has 0 radical (unpaired) electrons. The highest BCUT2D eigenvalue weighted by molar-refractivity contribution is 6.03. The van der Waals surface area contributed by atoms with E-state index in [1.165, 1.54) is 0 Å². The predicted octanol–water partition coefficient (Wildman–Crippen LogP) is 4.02. The molecule has 1 saturated carbocycles. The van der Waals surface area contributed by atoms with E-state index in [9.17, 15) is 9.59 Å². The lowest BCUT2D eigenvalue weighted by atomic mass is 10.0. The number of rotatable bonds is 5. The first-order valence-corrected chi connectivity index (χ1v) is 8.32. The average molecular weight is 322 g/mol. The zero-order chi connectivity index (χ0) is 17.1. The van der Waals surface area contributed by atoms with Gasteiger partial charge in [-0.2, -0.15) is 0 Å². The average Bonchev–Trinajstić information content (AvgIpc) is 3.37. The molecule has 24 heavy (non-hydrogen) atoms. The van der Waals surface area contributed by atoms with Crippen LogP contribution in [0.3, 0.4) is 0 Å². The van der Waals surface area contributed by atoms with Crippen molar-refractivity contribution < 1.29 is 9.59 Å². The first kappa shape index (κ1) is 16.2. The monoisotopic (exact) mass is 322 g/mol. The van der Waals surface area contributed by atoms with Crippen LogP contribution in [0.2, 0.25) is 0 Å². The molecule has 2 aromatic carbocycles. The Balaban J connectivity index is 1.59. The minimum Gasteiger partial charge on any atom is -0.326 e. The first-order valence-electron chi connectivity index (χ1n) is 8.32. The van der Waals surface area contributed by atoms with E-state index in [2.05, 4.69) is 24.5 Å². The molecule has 0 aliphatic heterocycles. The van der Waals surface area contributed by atoms with Crippen molar-refractivity contribution >= 4 is 23.2 Å². The summed E-state index contributed by atoms with van der Waals surface area (Å²) in [4.78, 5) is 24.7. The molecule has 2 unspecified atom stereocenters. The molecule has 1 fully saturated rings. The summed E-state index contributed by atoms with van der Waals surface area (Å²) in [6.45, 7) is 4.19. The normalized spacial score (nSPS) is 19.0. The van der Waals surface area contributed by atoms with Gasteiger partial charge in [0.1, 0.15) is 0 Å². The van der Waals surface area contributed by atoms with Gasteiger partial charge in [0.05, 0.1) is 11.8 Å². The summed E-state index contributed by atoms with van der Waals surface area (Å²) in [5.74, 6) is -0.307. The zero-order valence-electron chi connectivity index (χ0n) is 14.0. The summed E-state index contributed by atoms with van der Waals surface area (Å²) >= 11 is 0. The summed E-state index contributed by atoms with van der Waals surface area (Å²) < 4.78 is 0. The number of carbonyl (C=O) groups excluding carboxylic acids is 2. The van der Waals surface area contributed by atoms with Gasteiger partial charge in [0.15, 0.2) is 0 Å². The van der Waals surface area contributed by atoms with Crippen LogP contribution in [0.1, 0.15) is 31.7 Å². The van der Waals surface area contributed by atoms with Gasteiger partial charge in [0, 0.05) is 11.4 Å². The zero-order valence-corrected chi connectivity index (χ0v) is 14.0. The second kappa shape index (κ2) is 6.87. The number of benzene rings is 2. The molecule has 0 bridgehead atoms. The Kier molecular flexibility index (Phi) is 4.65. The summed E-state index contributed by atoms with van der Waals surface area (Å²) in [6, 6.07) is 17.1. The van der Waals surface area contributed by atoms with Gasteiger partial charge in [-0.15, -0.1) is 0 Å². The third-order valence-electron chi connectivity index (χ3n) is 4.35. The quantitative estimate of drug-likeness (QED) is 0.873. The van der Waals surface area contributed by atoms with Gasteiger partial charge in [0.25, 0.3) is 0 Å². The third-order valence-corrected chi connectivity index (χ3v) is 4.35. The fraction of sp³-hybridized carbons (Fsp3) is 0.300. The molecular weight excluding hydrogens is 300 g/mol. The number of hydrogen-bond acceptors (Lipinski definition) is 2. The standard InChI is InChI=1S/C20H22N2O2/c1-13(2)15-10-6-7-11-18(15)22-20(24)17-12-16(17)19(23)21-14-8-4-3-5-9-14/h3-11,13,16-17H,12H2,1-2H3,(H,21,23)(H,22,24). The molecule has 4 heteroatoms. The molecule has 2 aromatic rings. The van der Waals surface area contributed by atoms with Crippen LogP contribution in [0.4, 0.5) is 11.4 Å². The summed E-state index contributed by atoms with van der Waals surface area (Å²) in [5.41, 5.74) is 2.71. The molecule has 2 atom stereocenters. The van der Waals surface area contributed by atoms with E-state index in [4.69, 9.17) is 0 Å². The lowest BCUT2D eigenvalue weighted by molar-refractivity contribution is -0.122. The van der Waals surface area contributed by atoms with Gasteiger partial charge < -0.3 is 10.6 Å². The number of anilines is 2. The number of hydrogen-bond donors (Lipinski definition) is 2. The van der Waals surface area contributed by atoms with Crippen molar-refractivity contribution in [2.45, 2.75) is 26.2 Å². The van der Waals surface area contributed by atoms with E-state index < -0.39 is 0 Å². The van der Waals surface area contributed by atoms with E-state index in [1.54, 1.807) is 0 Å². The van der Waals surface area contributed by atoms with Gasteiger partial charge in [0.2, 0.25) is 11.8 Å². The number of para-hydroxylation sites is 2. The highest BCUT2D eigenvalue weighted by atomic mass is 16.2. The molecule has 124 valence electrons. The van der Waals surface area contributed by atoms with Crippen LogP contribution in [-0.2, 0) is 9.59 Å². The van der Waals surface area contributed by atoms with Crippen molar-refractivity contribution in [1.82, 2.24) is 0 Å². The van der Waals surface area contributed by atoms with Crippen molar-refractivity contribution in [2.24, 2.45) is 11.8 Å². The Morgan fingerprint density at radius 2 is 1.46 bits per heavy atom. The Morgan fingerprint density at radius 1 is 0.875 bits per heavy atom. The minimum atomic E-state index is -0.242. The number of amides is 2. The molecule has 3 rings (SSSR count). The maximum atomic E-state index is 12.4. The van der Waals surface area contributed by atoms with Gasteiger partial charge in [-0.05, 0) is 36.1 Å². The van der Waals surface area contributed by atoms with Gasteiger partial charge in [-0.25, -0.2) is 0 Å². The summed E-state index contributed by atoms with van der Waals surface area (Å²) in [7, 11) is 0. The molecule has 1 aliphatic rings. The van der Waals surface area contributed by atoms with Crippen molar-refractivity contribution in [1.29, 1.82) is 0 Å². The lowest BCUT2D eigenvalue weighted by Gasteiger charge is -2.13. The molecule has 0 saturated heterocycles. The Bertz CT molecular complexity index is 740. The maximum Gasteiger partial charge on any atom is 0.228 e. The fourth-order valence-corrected chi connectivity index (χ4v) is 2.87. The maximum absolute atomic E-state index is 12.4. The lowest BCUT2D eigenvalue weighted by Crippen LogP contribution is -2.21. The Labute approximate surface area is 142 Å². The molecule has 4 nitrogen and oxygen atoms in total. The van der Waals surface area contributed by atoms with E-state index in [-0.39, 0.29) is 23.7 Å². The van der Waals surface area contributed by atoms with Crippen LogP contribution >= 0.6 is 0 Å². The largest absolute Gasteiger partial charge is 0.326 e. The second-order valence-corrected chi connectivity index (χ2v) is 6.54. The molecule has 2 N–H and O–H groups in total. The molecule has 1 aliphatic carbocycles. The SMILES string of the molecule is CC(C)c1ccccc1NC(=O)C1CC1C(=O)Nc1ccccc1. The van der Waals surface area contributed by atoms with Gasteiger partial charge in [-0.1, -0.05) is 50.2 Å². The van der Waals surface area contributed by atoms with E-state index in [0.29, 0.717) is 12.3 Å². The van der Waals surface area contributed by atoms with E-state index in [0.717, 1.165) is 16.9 Å². The minimum absolute atomic E-state index is 0.0729. The first-order chi connectivity index (χ1) is 11.6. The Morgan fingerprint density at radius 3 is 2.12 bits per heavy atom. The molecule has 0 spiro atoms. The highest BCUT2D eigenvalue weighted by Gasteiger charge is 2.48. The van der Waals surface area contributed by atoms with E-state index in [1.807, 2.05) is 54.6 Å². The van der Waals surface area contributed by atoms with Crippen molar-refractivity contribution in [3.63, 3.8) is 0 Å². The molecular formula is C20H22N2O2. The summed E-state index contributed by atoms with van der Waals surface area (Å²) in [6.07, 6.45) is 0.606. The molecule has 2 amide bonds. The smallest absolute Gasteiger partial charge is 0.228 e.